The molecular weight excluding hydrogens is 380 g/mol. The molecule has 0 saturated heterocycles. The predicted molar refractivity (Wildman–Crippen MR) is 94.0 cm³/mol. The molecule has 0 unspecified atom stereocenters. The van der Waals surface area contributed by atoms with Crippen molar-refractivity contribution in [1.29, 1.82) is 0 Å². The zero-order chi connectivity index (χ0) is 19.0. The number of ether oxygens (including phenoxy) is 1. The Morgan fingerprint density at radius 3 is 2.42 bits per heavy atom. The number of rotatable bonds is 8. The lowest BCUT2D eigenvalue weighted by atomic mass is 10.2. The van der Waals surface area contributed by atoms with Crippen molar-refractivity contribution >= 4 is 39.1 Å². The third kappa shape index (κ3) is 6.06. The van der Waals surface area contributed by atoms with E-state index in [1.54, 1.807) is 29.6 Å². The Morgan fingerprint density at radius 2 is 1.77 bits per heavy atom. The van der Waals surface area contributed by atoms with Crippen LogP contribution >= 0.6 is 11.3 Å². The summed E-state index contributed by atoms with van der Waals surface area (Å²) in [6.45, 7) is -0.793. The lowest BCUT2D eigenvalue weighted by Crippen LogP contribution is -2.34. The summed E-state index contributed by atoms with van der Waals surface area (Å²) >= 11 is 1.06. The molecule has 0 aliphatic carbocycles. The molecule has 1 heterocycles. The van der Waals surface area contributed by atoms with Gasteiger partial charge < -0.3 is 4.74 Å². The number of carbonyl (C=O) groups excluding carboxylic acids is 3. The van der Waals surface area contributed by atoms with Crippen LogP contribution in [0.15, 0.2) is 52.1 Å². The average Bonchev–Trinajstić information content (AvgIpc) is 3.16. The topological polar surface area (TPSA) is 119 Å². The molecule has 0 saturated carbocycles. The van der Waals surface area contributed by atoms with Crippen molar-refractivity contribution in [2.24, 2.45) is 0 Å². The fourth-order valence-corrected chi connectivity index (χ4v) is 3.89. The van der Waals surface area contributed by atoms with Crippen molar-refractivity contribution in [1.82, 2.24) is 10.0 Å². The molecule has 2 rings (SSSR count). The quantitative estimate of drug-likeness (QED) is 0.641. The molecule has 1 aromatic carbocycles. The van der Waals surface area contributed by atoms with Gasteiger partial charge in [-0.05, 0) is 23.6 Å². The molecule has 26 heavy (non-hydrogen) atoms. The highest BCUT2D eigenvalue weighted by Crippen LogP contribution is 2.14. The van der Waals surface area contributed by atoms with Gasteiger partial charge in [0, 0.05) is 12.1 Å². The molecule has 2 N–H and O–H groups in total. The van der Waals surface area contributed by atoms with E-state index in [1.165, 1.54) is 18.2 Å². The Balaban J connectivity index is 1.68. The molecule has 1 aromatic heterocycles. The number of benzene rings is 1. The molecule has 0 aliphatic rings. The van der Waals surface area contributed by atoms with Crippen molar-refractivity contribution in [3.05, 3.63) is 53.4 Å². The van der Waals surface area contributed by atoms with Crippen LogP contribution in [0.25, 0.3) is 0 Å². The normalized spacial score (nSPS) is 10.9. The van der Waals surface area contributed by atoms with Crippen molar-refractivity contribution in [2.75, 3.05) is 13.2 Å². The number of amides is 2. The zero-order valence-electron chi connectivity index (χ0n) is 13.5. The van der Waals surface area contributed by atoms with Crippen LogP contribution in [-0.4, -0.2) is 39.4 Å². The molecule has 2 aromatic rings. The Labute approximate surface area is 154 Å². The number of carbonyl (C=O) groups is 3. The Morgan fingerprint density at radius 1 is 1.04 bits per heavy atom. The van der Waals surface area contributed by atoms with Gasteiger partial charge >= 0.3 is 5.97 Å². The van der Waals surface area contributed by atoms with E-state index in [-0.39, 0.29) is 17.2 Å². The van der Waals surface area contributed by atoms with Crippen LogP contribution in [0.3, 0.4) is 0 Å². The summed E-state index contributed by atoms with van der Waals surface area (Å²) < 4.78 is 30.8. The van der Waals surface area contributed by atoms with Gasteiger partial charge in [-0.3, -0.25) is 19.7 Å². The third-order valence-corrected chi connectivity index (χ3v) is 5.89. The van der Waals surface area contributed by atoms with Crippen molar-refractivity contribution in [2.45, 2.75) is 10.6 Å². The minimum Gasteiger partial charge on any atom is -0.456 e. The highest BCUT2D eigenvalue weighted by atomic mass is 32.2. The molecule has 0 radical (unpaired) electrons. The van der Waals surface area contributed by atoms with Crippen LogP contribution in [-0.2, 0) is 24.3 Å². The van der Waals surface area contributed by atoms with Gasteiger partial charge in [0.1, 0.15) is 4.21 Å². The summed E-state index contributed by atoms with van der Waals surface area (Å²) in [5.41, 5.74) is 0.301. The summed E-state index contributed by atoms with van der Waals surface area (Å²) in [4.78, 5) is 34.9. The zero-order valence-corrected chi connectivity index (χ0v) is 15.1. The van der Waals surface area contributed by atoms with E-state index in [0.29, 0.717) is 5.56 Å². The van der Waals surface area contributed by atoms with Gasteiger partial charge in [-0.1, -0.05) is 24.3 Å². The summed E-state index contributed by atoms with van der Waals surface area (Å²) in [5.74, 6) is -2.14. The molecule has 138 valence electrons. The van der Waals surface area contributed by atoms with Gasteiger partial charge in [0.05, 0.1) is 6.42 Å². The van der Waals surface area contributed by atoms with Gasteiger partial charge in [0.2, 0.25) is 10.0 Å². The lowest BCUT2D eigenvalue weighted by Gasteiger charge is -2.07. The summed E-state index contributed by atoms with van der Waals surface area (Å²) in [7, 11) is -3.65. The fourth-order valence-electron chi connectivity index (χ4n) is 1.82. The van der Waals surface area contributed by atoms with Gasteiger partial charge in [-0.25, -0.2) is 13.1 Å². The number of nitrogens with one attached hydrogen (secondary N) is 2. The van der Waals surface area contributed by atoms with E-state index < -0.39 is 34.4 Å². The molecule has 0 aliphatic heterocycles. The second-order valence-corrected chi connectivity index (χ2v) is 7.93. The minimum atomic E-state index is -3.65. The minimum absolute atomic E-state index is 0.143. The maximum Gasteiger partial charge on any atom is 0.307 e. The van der Waals surface area contributed by atoms with Crippen molar-refractivity contribution < 1.29 is 27.5 Å². The van der Waals surface area contributed by atoms with E-state index in [2.05, 4.69) is 10.0 Å². The van der Waals surface area contributed by atoms with Crippen molar-refractivity contribution in [3.8, 4) is 0 Å². The number of imide groups is 1. The van der Waals surface area contributed by atoms with Crippen molar-refractivity contribution in [3.63, 3.8) is 0 Å². The summed E-state index contributed by atoms with van der Waals surface area (Å²) in [5, 5.41) is 3.71. The maximum atomic E-state index is 11.8. The van der Waals surface area contributed by atoms with E-state index in [9.17, 15) is 22.8 Å². The Bertz CT molecular complexity index is 863. The SMILES string of the molecule is O=C(COC(=O)CCNS(=O)(=O)c1cccs1)NC(=O)c1ccccc1. The standard InChI is InChI=1S/C16H16N2O6S2/c19-13(18-16(21)12-5-2-1-3-6-12)11-24-14(20)8-9-17-26(22,23)15-7-4-10-25-15/h1-7,10,17H,8-9,11H2,(H,18,19,21). The Hall–Kier alpha value is -2.56. The van der Waals surface area contributed by atoms with Gasteiger partial charge in [-0.2, -0.15) is 0 Å². The van der Waals surface area contributed by atoms with Crippen LogP contribution in [0.4, 0.5) is 0 Å². The first-order chi connectivity index (χ1) is 12.4. The van der Waals surface area contributed by atoms with Crippen LogP contribution in [0.2, 0.25) is 0 Å². The average molecular weight is 396 g/mol. The summed E-state index contributed by atoms with van der Waals surface area (Å²) in [6, 6.07) is 11.1. The van der Waals surface area contributed by atoms with E-state index in [4.69, 9.17) is 4.74 Å². The largest absolute Gasteiger partial charge is 0.456 e. The molecule has 0 atom stereocenters. The predicted octanol–water partition coefficient (Wildman–Crippen LogP) is 0.916. The molecular formula is C16H16N2O6S2. The number of hydrogen-bond donors (Lipinski definition) is 2. The van der Waals surface area contributed by atoms with E-state index in [0.717, 1.165) is 11.3 Å². The molecule has 8 nitrogen and oxygen atoms in total. The maximum absolute atomic E-state index is 11.8. The second-order valence-electron chi connectivity index (χ2n) is 4.98. The first kappa shape index (κ1) is 19.8. The van der Waals surface area contributed by atoms with Gasteiger partial charge in [0.25, 0.3) is 11.8 Å². The lowest BCUT2D eigenvalue weighted by molar-refractivity contribution is -0.148. The highest BCUT2D eigenvalue weighted by molar-refractivity contribution is 7.91. The Kier molecular flexibility index (Phi) is 7.01. The van der Waals surface area contributed by atoms with E-state index >= 15 is 0 Å². The first-order valence-electron chi connectivity index (χ1n) is 7.46. The number of hydrogen-bond acceptors (Lipinski definition) is 7. The smallest absolute Gasteiger partial charge is 0.307 e. The van der Waals surface area contributed by atoms with Crippen LogP contribution in [0, 0.1) is 0 Å². The molecule has 10 heteroatoms. The molecule has 0 spiro atoms. The van der Waals surface area contributed by atoms with Crippen LogP contribution in [0.1, 0.15) is 16.8 Å². The number of thiophene rings is 1. The van der Waals surface area contributed by atoms with E-state index in [1.807, 2.05) is 0 Å². The first-order valence-corrected chi connectivity index (χ1v) is 9.83. The summed E-state index contributed by atoms with van der Waals surface area (Å²) in [6.07, 6.45) is -0.246. The monoisotopic (exact) mass is 396 g/mol. The second kappa shape index (κ2) is 9.22. The molecule has 2 amide bonds. The number of esters is 1. The highest BCUT2D eigenvalue weighted by Gasteiger charge is 2.16. The fraction of sp³-hybridized carbons (Fsp3) is 0.188. The van der Waals surface area contributed by atoms with Gasteiger partial charge in [-0.15, -0.1) is 11.3 Å². The van der Waals surface area contributed by atoms with Crippen LogP contribution in [0.5, 0.6) is 0 Å². The molecule has 0 fully saturated rings. The van der Waals surface area contributed by atoms with Crippen LogP contribution < -0.4 is 10.0 Å². The number of sulfonamides is 1. The van der Waals surface area contributed by atoms with Gasteiger partial charge in [0.15, 0.2) is 6.61 Å². The molecule has 0 bridgehead atoms. The third-order valence-electron chi connectivity index (χ3n) is 3.03.